The normalized spacial score (nSPS) is 26.4. The predicted molar refractivity (Wildman–Crippen MR) is 75.1 cm³/mol. The van der Waals surface area contributed by atoms with Crippen LogP contribution in [0.4, 0.5) is 0 Å². The molecule has 2 rings (SSSR count). The Morgan fingerprint density at radius 2 is 1.82 bits per heavy atom. The number of hydrogen-bond donors (Lipinski definition) is 0. The highest BCUT2D eigenvalue weighted by molar-refractivity contribution is 5.19. The molecule has 1 fully saturated rings. The molecule has 0 saturated heterocycles. The van der Waals surface area contributed by atoms with Gasteiger partial charge in [0.05, 0.1) is 0 Å². The van der Waals surface area contributed by atoms with Crippen LogP contribution in [0.3, 0.4) is 0 Å². The monoisotopic (exact) mass is 228 g/mol. The summed E-state index contributed by atoms with van der Waals surface area (Å²) in [7, 11) is 0. The summed E-state index contributed by atoms with van der Waals surface area (Å²) in [4.78, 5) is 0. The van der Waals surface area contributed by atoms with Gasteiger partial charge in [0.1, 0.15) is 0 Å². The first-order valence-corrected chi connectivity index (χ1v) is 6.97. The second kappa shape index (κ2) is 6.05. The van der Waals surface area contributed by atoms with E-state index in [0.29, 0.717) is 0 Å². The smallest absolute Gasteiger partial charge is 0.0162 e. The van der Waals surface area contributed by atoms with Crippen LogP contribution in [-0.4, -0.2) is 0 Å². The topological polar surface area (TPSA) is 0 Å². The maximum absolute atomic E-state index is 3.86. The van der Waals surface area contributed by atoms with Gasteiger partial charge in [-0.15, -0.1) is 6.58 Å². The number of allylic oxidation sites excluding steroid dienone is 1. The van der Waals surface area contributed by atoms with Crippen LogP contribution in [0.1, 0.15) is 50.5 Å². The van der Waals surface area contributed by atoms with Crippen molar-refractivity contribution in [2.45, 2.75) is 44.9 Å². The van der Waals surface area contributed by atoms with Crippen LogP contribution in [0.25, 0.3) is 0 Å². The molecule has 0 N–H and O–H groups in total. The molecule has 0 aromatic heterocycles. The second-order valence-corrected chi connectivity index (χ2v) is 5.50. The molecule has 0 heterocycles. The van der Waals surface area contributed by atoms with E-state index in [1.54, 1.807) is 0 Å². The van der Waals surface area contributed by atoms with E-state index >= 15 is 0 Å². The van der Waals surface area contributed by atoms with Crippen molar-refractivity contribution in [2.75, 3.05) is 0 Å². The largest absolute Gasteiger partial charge is 0.103 e. The molecule has 1 aromatic rings. The maximum Gasteiger partial charge on any atom is -0.0162 e. The van der Waals surface area contributed by atoms with Gasteiger partial charge < -0.3 is 0 Å². The second-order valence-electron chi connectivity index (χ2n) is 5.50. The summed E-state index contributed by atoms with van der Waals surface area (Å²) >= 11 is 0. The summed E-state index contributed by atoms with van der Waals surface area (Å²) in [5, 5.41) is 0. The van der Waals surface area contributed by atoms with Gasteiger partial charge in [-0.25, -0.2) is 0 Å². The van der Waals surface area contributed by atoms with Gasteiger partial charge in [-0.2, -0.15) is 0 Å². The van der Waals surface area contributed by atoms with Crippen LogP contribution >= 0.6 is 0 Å². The molecular weight excluding hydrogens is 204 g/mol. The molecule has 1 aliphatic rings. The van der Waals surface area contributed by atoms with E-state index in [4.69, 9.17) is 0 Å². The Bertz CT molecular complexity index is 330. The first-order valence-electron chi connectivity index (χ1n) is 6.97. The molecule has 1 aromatic carbocycles. The Labute approximate surface area is 106 Å². The first-order chi connectivity index (χ1) is 8.31. The number of rotatable bonds is 4. The third-order valence-electron chi connectivity index (χ3n) is 4.42. The minimum atomic E-state index is 0.723. The molecule has 0 radical (unpaired) electrons. The molecule has 0 amide bonds. The lowest BCUT2D eigenvalue weighted by atomic mass is 9.73. The zero-order chi connectivity index (χ0) is 12.1. The average molecular weight is 228 g/mol. The van der Waals surface area contributed by atoms with Crippen LogP contribution in [-0.2, 0) is 0 Å². The van der Waals surface area contributed by atoms with Crippen LogP contribution in [0.5, 0.6) is 0 Å². The van der Waals surface area contributed by atoms with Crippen molar-refractivity contribution in [3.05, 3.63) is 48.6 Å². The zero-order valence-corrected chi connectivity index (χ0v) is 10.9. The fraction of sp³-hybridized carbons (Fsp3) is 0.529. The Hall–Kier alpha value is -1.04. The summed E-state index contributed by atoms with van der Waals surface area (Å²) in [5.74, 6) is 2.52. The summed E-state index contributed by atoms with van der Waals surface area (Å²) in [6, 6.07) is 11.0. The van der Waals surface area contributed by atoms with Crippen LogP contribution in [0.15, 0.2) is 43.0 Å². The molecule has 1 atom stereocenters. The van der Waals surface area contributed by atoms with Gasteiger partial charge in [0.15, 0.2) is 0 Å². The van der Waals surface area contributed by atoms with Crippen LogP contribution in [0, 0.1) is 11.8 Å². The molecule has 0 bridgehead atoms. The van der Waals surface area contributed by atoms with E-state index in [1.807, 2.05) is 0 Å². The summed E-state index contributed by atoms with van der Waals surface area (Å²) < 4.78 is 0. The molecule has 0 nitrogen and oxygen atoms in total. The molecule has 1 saturated carbocycles. The van der Waals surface area contributed by atoms with E-state index in [2.05, 4.69) is 49.9 Å². The fourth-order valence-corrected chi connectivity index (χ4v) is 3.19. The van der Waals surface area contributed by atoms with Crippen molar-refractivity contribution in [1.82, 2.24) is 0 Å². The lowest BCUT2D eigenvalue weighted by Gasteiger charge is -2.32. The Balaban J connectivity index is 1.90. The van der Waals surface area contributed by atoms with Crippen LogP contribution < -0.4 is 0 Å². The standard InChI is InChI=1S/C17H24/c1-3-7-15-10-12-17(13-11-15)14(2)16-8-5-4-6-9-16/h3-6,8-9,14-15,17H,1,7,10-13H2,2H3. The van der Waals surface area contributed by atoms with Gasteiger partial charge >= 0.3 is 0 Å². The number of benzene rings is 1. The van der Waals surface area contributed by atoms with Crippen molar-refractivity contribution in [3.8, 4) is 0 Å². The zero-order valence-electron chi connectivity index (χ0n) is 10.9. The maximum atomic E-state index is 3.86. The van der Waals surface area contributed by atoms with Crippen molar-refractivity contribution in [2.24, 2.45) is 11.8 Å². The summed E-state index contributed by atoms with van der Waals surface area (Å²) in [5.41, 5.74) is 1.51. The van der Waals surface area contributed by atoms with E-state index < -0.39 is 0 Å². The highest BCUT2D eigenvalue weighted by Gasteiger charge is 2.25. The molecule has 92 valence electrons. The van der Waals surface area contributed by atoms with Gasteiger partial charge in [-0.05, 0) is 55.4 Å². The van der Waals surface area contributed by atoms with Crippen LogP contribution in [0.2, 0.25) is 0 Å². The highest BCUT2D eigenvalue weighted by atomic mass is 14.3. The summed E-state index contributed by atoms with van der Waals surface area (Å²) in [6.07, 6.45) is 8.89. The highest BCUT2D eigenvalue weighted by Crippen LogP contribution is 2.38. The van der Waals surface area contributed by atoms with Crippen molar-refractivity contribution >= 4 is 0 Å². The molecule has 0 heteroatoms. The lowest BCUT2D eigenvalue weighted by molar-refractivity contribution is 0.250. The Kier molecular flexibility index (Phi) is 4.42. The molecule has 1 unspecified atom stereocenters. The van der Waals surface area contributed by atoms with Gasteiger partial charge in [0, 0.05) is 0 Å². The van der Waals surface area contributed by atoms with Gasteiger partial charge in [0.2, 0.25) is 0 Å². The molecule has 1 aliphatic carbocycles. The molecule has 17 heavy (non-hydrogen) atoms. The van der Waals surface area contributed by atoms with E-state index in [9.17, 15) is 0 Å². The minimum absolute atomic E-state index is 0.723. The quantitative estimate of drug-likeness (QED) is 0.623. The van der Waals surface area contributed by atoms with E-state index in [-0.39, 0.29) is 0 Å². The van der Waals surface area contributed by atoms with Gasteiger partial charge in [0.25, 0.3) is 0 Å². The Morgan fingerprint density at radius 1 is 1.18 bits per heavy atom. The molecule has 0 aliphatic heterocycles. The van der Waals surface area contributed by atoms with Crippen molar-refractivity contribution < 1.29 is 0 Å². The van der Waals surface area contributed by atoms with Gasteiger partial charge in [-0.3, -0.25) is 0 Å². The van der Waals surface area contributed by atoms with Crippen molar-refractivity contribution in [3.63, 3.8) is 0 Å². The third kappa shape index (κ3) is 3.21. The SMILES string of the molecule is C=CCC1CCC(C(C)c2ccccc2)CC1. The molecule has 0 spiro atoms. The first kappa shape index (κ1) is 12.4. The minimum Gasteiger partial charge on any atom is -0.103 e. The third-order valence-corrected chi connectivity index (χ3v) is 4.42. The van der Waals surface area contributed by atoms with E-state index in [0.717, 1.165) is 17.8 Å². The predicted octanol–water partition coefficient (Wildman–Crippen LogP) is 5.17. The van der Waals surface area contributed by atoms with Crippen molar-refractivity contribution in [1.29, 1.82) is 0 Å². The average Bonchev–Trinajstić information content (AvgIpc) is 2.40. The Morgan fingerprint density at radius 3 is 2.41 bits per heavy atom. The number of hydrogen-bond acceptors (Lipinski definition) is 0. The summed E-state index contributed by atoms with van der Waals surface area (Å²) in [6.45, 7) is 6.25. The molecular formula is C17H24. The van der Waals surface area contributed by atoms with Gasteiger partial charge in [-0.1, -0.05) is 43.3 Å². The fourth-order valence-electron chi connectivity index (χ4n) is 3.19. The lowest BCUT2D eigenvalue weighted by Crippen LogP contribution is -2.18. The van der Waals surface area contributed by atoms with E-state index in [1.165, 1.54) is 37.7 Å².